The molecule has 1 aliphatic heterocycles. The van der Waals surface area contributed by atoms with Crippen LogP contribution in [0.25, 0.3) is 5.76 Å². The molecule has 1 aliphatic rings. The number of allylic oxidation sites excluding steroid dienone is 1. The van der Waals surface area contributed by atoms with Crippen molar-refractivity contribution in [3.8, 4) is 0 Å². The normalized spacial score (nSPS) is 20.2. The summed E-state index contributed by atoms with van der Waals surface area (Å²) in [6, 6.07) is 15.4. The van der Waals surface area contributed by atoms with Gasteiger partial charge < -0.3 is 15.1 Å². The highest BCUT2D eigenvalue weighted by Crippen LogP contribution is 2.41. The first-order valence-corrected chi connectivity index (χ1v) is 7.52. The number of para-hydroxylation sites is 1. The van der Waals surface area contributed by atoms with Crippen LogP contribution in [-0.4, -0.2) is 29.0 Å². The SMILES string of the molecule is CN1C(=O)C(O)(CC(=O)/C=C(\O)c2ccccc2)c2ccccc21. The van der Waals surface area contributed by atoms with Crippen molar-refractivity contribution in [1.82, 2.24) is 0 Å². The average Bonchev–Trinajstić information content (AvgIpc) is 2.78. The third kappa shape index (κ3) is 2.59. The number of hydrogen-bond acceptors (Lipinski definition) is 4. The Morgan fingerprint density at radius 3 is 2.46 bits per heavy atom. The monoisotopic (exact) mass is 323 g/mol. The van der Waals surface area contributed by atoms with Gasteiger partial charge in [-0.05, 0) is 6.07 Å². The van der Waals surface area contributed by atoms with Gasteiger partial charge in [0.25, 0.3) is 5.91 Å². The van der Waals surface area contributed by atoms with E-state index in [1.165, 1.54) is 4.90 Å². The Balaban J connectivity index is 1.88. The minimum Gasteiger partial charge on any atom is -0.507 e. The Hall–Kier alpha value is -2.92. The van der Waals surface area contributed by atoms with E-state index in [4.69, 9.17) is 0 Å². The summed E-state index contributed by atoms with van der Waals surface area (Å²) in [5.41, 5.74) is -0.434. The summed E-state index contributed by atoms with van der Waals surface area (Å²) in [5.74, 6) is -1.28. The maximum atomic E-state index is 12.4. The fraction of sp³-hybridized carbons (Fsp3) is 0.158. The largest absolute Gasteiger partial charge is 0.507 e. The van der Waals surface area contributed by atoms with Crippen molar-refractivity contribution in [2.24, 2.45) is 0 Å². The number of nitrogens with zero attached hydrogens (tertiary/aromatic N) is 1. The molecular formula is C19H17NO4. The summed E-state index contributed by atoms with van der Waals surface area (Å²) in [7, 11) is 1.56. The van der Waals surface area contributed by atoms with Crippen LogP contribution in [0.1, 0.15) is 17.5 Å². The fourth-order valence-electron chi connectivity index (χ4n) is 2.94. The van der Waals surface area contributed by atoms with E-state index >= 15 is 0 Å². The van der Waals surface area contributed by atoms with Crippen molar-refractivity contribution in [2.75, 3.05) is 11.9 Å². The lowest BCUT2D eigenvalue weighted by Gasteiger charge is -2.20. The van der Waals surface area contributed by atoms with Gasteiger partial charge in [0.2, 0.25) is 0 Å². The molecule has 122 valence electrons. The lowest BCUT2D eigenvalue weighted by molar-refractivity contribution is -0.140. The van der Waals surface area contributed by atoms with Gasteiger partial charge in [-0.2, -0.15) is 0 Å². The van der Waals surface area contributed by atoms with E-state index in [0.717, 1.165) is 6.08 Å². The molecule has 24 heavy (non-hydrogen) atoms. The summed E-state index contributed by atoms with van der Waals surface area (Å²) in [4.78, 5) is 26.0. The van der Waals surface area contributed by atoms with E-state index in [-0.39, 0.29) is 5.76 Å². The molecular weight excluding hydrogens is 306 g/mol. The standard InChI is InChI=1S/C19H17NO4/c1-20-16-10-6-5-9-15(16)19(24,18(20)23)12-14(21)11-17(22)13-7-3-2-4-8-13/h2-11,22,24H,12H2,1H3/b17-11-. The summed E-state index contributed by atoms with van der Waals surface area (Å²) in [6.45, 7) is 0. The Kier molecular flexibility index (Phi) is 3.95. The first-order chi connectivity index (χ1) is 11.4. The second kappa shape index (κ2) is 5.94. The molecule has 1 heterocycles. The van der Waals surface area contributed by atoms with Crippen LogP contribution in [0.5, 0.6) is 0 Å². The minimum atomic E-state index is -1.91. The summed E-state index contributed by atoms with van der Waals surface area (Å²) in [5, 5.41) is 20.8. The smallest absolute Gasteiger partial charge is 0.263 e. The van der Waals surface area contributed by atoms with Crippen LogP contribution >= 0.6 is 0 Å². The lowest BCUT2D eigenvalue weighted by atomic mass is 9.89. The van der Waals surface area contributed by atoms with Crippen molar-refractivity contribution in [3.05, 3.63) is 71.8 Å². The van der Waals surface area contributed by atoms with Gasteiger partial charge in [-0.25, -0.2) is 0 Å². The number of aliphatic hydroxyl groups is 2. The second-order valence-corrected chi connectivity index (χ2v) is 5.78. The fourth-order valence-corrected chi connectivity index (χ4v) is 2.94. The van der Waals surface area contributed by atoms with Crippen LogP contribution < -0.4 is 4.90 Å². The summed E-state index contributed by atoms with van der Waals surface area (Å²) < 4.78 is 0. The van der Waals surface area contributed by atoms with E-state index < -0.39 is 23.7 Å². The number of anilines is 1. The summed E-state index contributed by atoms with van der Waals surface area (Å²) in [6.07, 6.45) is 0.617. The molecule has 5 heteroatoms. The van der Waals surface area contributed by atoms with E-state index in [9.17, 15) is 19.8 Å². The maximum Gasteiger partial charge on any atom is 0.263 e. The number of benzene rings is 2. The summed E-state index contributed by atoms with van der Waals surface area (Å²) >= 11 is 0. The molecule has 5 nitrogen and oxygen atoms in total. The van der Waals surface area contributed by atoms with Crippen LogP contribution in [0.2, 0.25) is 0 Å². The van der Waals surface area contributed by atoms with E-state index in [1.54, 1.807) is 61.6 Å². The van der Waals surface area contributed by atoms with Crippen molar-refractivity contribution < 1.29 is 19.8 Å². The third-order valence-electron chi connectivity index (χ3n) is 4.17. The Bertz CT molecular complexity index is 828. The zero-order valence-corrected chi connectivity index (χ0v) is 13.1. The number of likely N-dealkylation sites (N-methyl/N-ethyl adjacent to an activating group) is 1. The molecule has 0 saturated heterocycles. The van der Waals surface area contributed by atoms with E-state index in [2.05, 4.69) is 0 Å². The zero-order chi connectivity index (χ0) is 17.3. The van der Waals surface area contributed by atoms with Gasteiger partial charge in [-0.3, -0.25) is 9.59 Å². The number of rotatable bonds is 4. The third-order valence-corrected chi connectivity index (χ3v) is 4.17. The van der Waals surface area contributed by atoms with Crippen molar-refractivity contribution in [1.29, 1.82) is 0 Å². The highest BCUT2D eigenvalue weighted by Gasteiger charge is 2.49. The van der Waals surface area contributed by atoms with Crippen molar-refractivity contribution >= 4 is 23.1 Å². The first kappa shape index (κ1) is 16.0. The van der Waals surface area contributed by atoms with E-state index in [1.807, 2.05) is 0 Å². The highest BCUT2D eigenvalue weighted by molar-refractivity contribution is 6.10. The van der Waals surface area contributed by atoms with E-state index in [0.29, 0.717) is 16.8 Å². The molecule has 0 fully saturated rings. The Labute approximate surface area is 139 Å². The molecule has 1 atom stereocenters. The van der Waals surface area contributed by atoms with Gasteiger partial charge in [0.05, 0.1) is 12.1 Å². The Morgan fingerprint density at radius 1 is 1.12 bits per heavy atom. The molecule has 0 radical (unpaired) electrons. The van der Waals surface area contributed by atoms with Crippen LogP contribution in [0, 0.1) is 0 Å². The molecule has 1 unspecified atom stereocenters. The zero-order valence-electron chi connectivity index (χ0n) is 13.1. The Morgan fingerprint density at radius 2 is 1.75 bits per heavy atom. The molecule has 0 saturated carbocycles. The topological polar surface area (TPSA) is 77.8 Å². The average molecular weight is 323 g/mol. The van der Waals surface area contributed by atoms with Gasteiger partial charge in [0.15, 0.2) is 11.4 Å². The number of aliphatic hydroxyl groups excluding tert-OH is 1. The molecule has 1 amide bonds. The molecule has 2 aromatic rings. The molecule has 0 bridgehead atoms. The first-order valence-electron chi connectivity index (χ1n) is 7.52. The van der Waals surface area contributed by atoms with Gasteiger partial charge in [-0.1, -0.05) is 48.5 Å². The molecule has 3 rings (SSSR count). The maximum absolute atomic E-state index is 12.4. The minimum absolute atomic E-state index is 0.198. The van der Waals surface area contributed by atoms with Crippen molar-refractivity contribution in [2.45, 2.75) is 12.0 Å². The molecule has 0 spiro atoms. The quantitative estimate of drug-likeness (QED) is 0.669. The molecule has 2 N–H and O–H groups in total. The van der Waals surface area contributed by atoms with Crippen LogP contribution in [-0.2, 0) is 15.2 Å². The lowest BCUT2D eigenvalue weighted by Crippen LogP contribution is -2.40. The predicted molar refractivity (Wildman–Crippen MR) is 90.4 cm³/mol. The molecule has 0 aromatic heterocycles. The van der Waals surface area contributed by atoms with Gasteiger partial charge >= 0.3 is 0 Å². The number of carbonyl (C=O) groups is 2. The van der Waals surface area contributed by atoms with Gasteiger partial charge in [-0.15, -0.1) is 0 Å². The van der Waals surface area contributed by atoms with Gasteiger partial charge in [0, 0.05) is 24.3 Å². The van der Waals surface area contributed by atoms with Crippen LogP contribution in [0.4, 0.5) is 5.69 Å². The number of ketones is 1. The molecule has 2 aromatic carbocycles. The second-order valence-electron chi connectivity index (χ2n) is 5.78. The number of fused-ring (bicyclic) bond motifs is 1. The number of amides is 1. The molecule has 0 aliphatic carbocycles. The number of hydrogen-bond donors (Lipinski definition) is 2. The number of carbonyl (C=O) groups excluding carboxylic acids is 2. The predicted octanol–water partition coefficient (Wildman–Crippen LogP) is 2.41. The highest BCUT2D eigenvalue weighted by atomic mass is 16.3. The van der Waals surface area contributed by atoms with Crippen molar-refractivity contribution in [3.63, 3.8) is 0 Å². The van der Waals surface area contributed by atoms with Gasteiger partial charge in [0.1, 0.15) is 5.76 Å². The van der Waals surface area contributed by atoms with Crippen LogP contribution in [0.15, 0.2) is 60.7 Å². The van der Waals surface area contributed by atoms with Crippen LogP contribution in [0.3, 0.4) is 0 Å².